The van der Waals surface area contributed by atoms with Crippen LogP contribution >= 0.6 is 15.9 Å². The molecule has 2 rings (SSSR count). The molecule has 0 heterocycles. The Kier molecular flexibility index (Phi) is 4.97. The summed E-state index contributed by atoms with van der Waals surface area (Å²) in [4.78, 5) is 0. The van der Waals surface area contributed by atoms with Crippen molar-refractivity contribution in [3.63, 3.8) is 0 Å². The molecule has 0 aliphatic heterocycles. The van der Waals surface area contributed by atoms with E-state index in [-0.39, 0.29) is 6.04 Å². The average Bonchev–Trinajstić information content (AvgIpc) is 2.39. The largest absolute Gasteiger partial charge is 0.271 e. The van der Waals surface area contributed by atoms with Gasteiger partial charge in [-0.25, -0.2) is 0 Å². The zero-order valence-corrected chi connectivity index (χ0v) is 13.8. The molecule has 0 saturated carbocycles. The van der Waals surface area contributed by atoms with Crippen molar-refractivity contribution in [3.8, 4) is 0 Å². The first-order valence-corrected chi connectivity index (χ1v) is 7.59. The Hall–Kier alpha value is -1.16. The lowest BCUT2D eigenvalue weighted by Crippen LogP contribution is -2.30. The number of hydrogen-bond acceptors (Lipinski definition) is 2. The Morgan fingerprint density at radius 2 is 1.70 bits per heavy atom. The first kappa shape index (κ1) is 15.2. The second-order valence-electron chi connectivity index (χ2n) is 5.32. The van der Waals surface area contributed by atoms with Crippen LogP contribution in [0.2, 0.25) is 0 Å². The Morgan fingerprint density at radius 1 is 1.10 bits per heavy atom. The maximum absolute atomic E-state index is 5.78. The minimum atomic E-state index is 0.102. The van der Waals surface area contributed by atoms with Crippen LogP contribution in [0.25, 0.3) is 0 Å². The van der Waals surface area contributed by atoms with Crippen molar-refractivity contribution in [1.82, 2.24) is 5.43 Å². The number of nitrogens with two attached hydrogens (primary N) is 1. The van der Waals surface area contributed by atoms with Crippen LogP contribution in [0.3, 0.4) is 0 Å². The number of benzene rings is 2. The molecule has 0 aromatic heterocycles. The quantitative estimate of drug-likeness (QED) is 0.652. The van der Waals surface area contributed by atoms with Crippen LogP contribution < -0.4 is 11.3 Å². The van der Waals surface area contributed by atoms with E-state index in [1.54, 1.807) is 0 Å². The van der Waals surface area contributed by atoms with E-state index >= 15 is 0 Å². The standard InChI is InChI=1S/C17H21BrN2/c1-11-8-12(2)15(13(3)9-11)10-17(20-19)14-6-4-5-7-16(14)18/h4-9,17,20H,10,19H2,1-3H3. The van der Waals surface area contributed by atoms with Gasteiger partial charge in [0.15, 0.2) is 0 Å². The van der Waals surface area contributed by atoms with Gasteiger partial charge in [0.25, 0.3) is 0 Å². The number of halogens is 1. The fraction of sp³-hybridized carbons (Fsp3) is 0.294. The van der Waals surface area contributed by atoms with Crippen molar-refractivity contribution in [2.75, 3.05) is 0 Å². The molecule has 3 heteroatoms. The summed E-state index contributed by atoms with van der Waals surface area (Å²) >= 11 is 3.60. The molecule has 0 radical (unpaired) electrons. The Morgan fingerprint density at radius 3 is 2.25 bits per heavy atom. The Bertz CT molecular complexity index is 585. The third-order valence-corrected chi connectivity index (χ3v) is 4.45. The Balaban J connectivity index is 2.35. The molecule has 2 nitrogen and oxygen atoms in total. The molecular formula is C17H21BrN2. The molecule has 1 atom stereocenters. The number of rotatable bonds is 4. The lowest BCUT2D eigenvalue weighted by atomic mass is 9.92. The molecule has 2 aromatic carbocycles. The third-order valence-electron chi connectivity index (χ3n) is 3.73. The summed E-state index contributed by atoms with van der Waals surface area (Å²) in [5, 5.41) is 0. The van der Waals surface area contributed by atoms with E-state index in [1.807, 2.05) is 12.1 Å². The van der Waals surface area contributed by atoms with Crippen molar-refractivity contribution in [3.05, 3.63) is 68.7 Å². The molecule has 0 aliphatic carbocycles. The number of hydrazine groups is 1. The van der Waals surface area contributed by atoms with Crippen LogP contribution in [0, 0.1) is 20.8 Å². The molecule has 3 N–H and O–H groups in total. The molecule has 20 heavy (non-hydrogen) atoms. The van der Waals surface area contributed by atoms with Crippen molar-refractivity contribution >= 4 is 15.9 Å². The maximum Gasteiger partial charge on any atom is 0.0511 e. The summed E-state index contributed by atoms with van der Waals surface area (Å²) in [7, 11) is 0. The molecule has 0 saturated heterocycles. The number of hydrogen-bond donors (Lipinski definition) is 2. The van der Waals surface area contributed by atoms with E-state index in [1.165, 1.54) is 27.8 Å². The third kappa shape index (κ3) is 3.29. The van der Waals surface area contributed by atoms with Gasteiger partial charge >= 0.3 is 0 Å². The van der Waals surface area contributed by atoms with Gasteiger partial charge in [0, 0.05) is 4.47 Å². The van der Waals surface area contributed by atoms with Gasteiger partial charge in [-0.2, -0.15) is 0 Å². The maximum atomic E-state index is 5.78. The van der Waals surface area contributed by atoms with Crippen molar-refractivity contribution in [2.24, 2.45) is 5.84 Å². The van der Waals surface area contributed by atoms with Crippen LogP contribution in [0.15, 0.2) is 40.9 Å². The SMILES string of the molecule is Cc1cc(C)c(CC(NN)c2ccccc2Br)c(C)c1. The fourth-order valence-corrected chi connectivity index (χ4v) is 3.31. The minimum Gasteiger partial charge on any atom is -0.271 e. The van der Waals surface area contributed by atoms with Gasteiger partial charge in [0.2, 0.25) is 0 Å². The average molecular weight is 333 g/mol. The molecule has 0 bridgehead atoms. The van der Waals surface area contributed by atoms with Crippen LogP contribution in [0.4, 0.5) is 0 Å². The highest BCUT2D eigenvalue weighted by Gasteiger charge is 2.16. The summed E-state index contributed by atoms with van der Waals surface area (Å²) in [5.41, 5.74) is 9.47. The molecule has 0 spiro atoms. The van der Waals surface area contributed by atoms with E-state index in [2.05, 4.69) is 66.4 Å². The molecule has 0 amide bonds. The van der Waals surface area contributed by atoms with Crippen LogP contribution in [0.1, 0.15) is 33.9 Å². The summed E-state index contributed by atoms with van der Waals surface area (Å²) < 4.78 is 1.09. The highest BCUT2D eigenvalue weighted by atomic mass is 79.9. The fourth-order valence-electron chi connectivity index (χ4n) is 2.75. The molecule has 1 unspecified atom stereocenters. The predicted molar refractivity (Wildman–Crippen MR) is 88.6 cm³/mol. The van der Waals surface area contributed by atoms with Gasteiger partial charge in [-0.15, -0.1) is 0 Å². The van der Waals surface area contributed by atoms with Gasteiger partial charge in [-0.3, -0.25) is 11.3 Å². The van der Waals surface area contributed by atoms with E-state index < -0.39 is 0 Å². The van der Waals surface area contributed by atoms with E-state index in [4.69, 9.17) is 5.84 Å². The van der Waals surface area contributed by atoms with Gasteiger partial charge in [-0.1, -0.05) is 51.8 Å². The molecule has 0 fully saturated rings. The summed E-state index contributed by atoms with van der Waals surface area (Å²) in [6.07, 6.45) is 0.886. The second kappa shape index (κ2) is 6.53. The monoisotopic (exact) mass is 332 g/mol. The van der Waals surface area contributed by atoms with E-state index in [0.717, 1.165) is 10.9 Å². The molecule has 106 valence electrons. The second-order valence-corrected chi connectivity index (χ2v) is 6.18. The lowest BCUT2D eigenvalue weighted by molar-refractivity contribution is 0.547. The predicted octanol–water partition coefficient (Wildman–Crippen LogP) is 4.12. The zero-order chi connectivity index (χ0) is 14.7. The first-order chi connectivity index (χ1) is 9.52. The van der Waals surface area contributed by atoms with Gasteiger partial charge in [0.05, 0.1) is 6.04 Å². The Labute approximate surface area is 129 Å². The smallest absolute Gasteiger partial charge is 0.0511 e. The van der Waals surface area contributed by atoms with Crippen LogP contribution in [0.5, 0.6) is 0 Å². The highest BCUT2D eigenvalue weighted by molar-refractivity contribution is 9.10. The molecule has 0 aliphatic rings. The number of aryl methyl sites for hydroxylation is 3. The highest BCUT2D eigenvalue weighted by Crippen LogP contribution is 2.28. The first-order valence-electron chi connectivity index (χ1n) is 6.80. The van der Waals surface area contributed by atoms with Crippen molar-refractivity contribution in [1.29, 1.82) is 0 Å². The van der Waals surface area contributed by atoms with E-state index in [9.17, 15) is 0 Å². The van der Waals surface area contributed by atoms with Crippen LogP contribution in [-0.2, 0) is 6.42 Å². The van der Waals surface area contributed by atoms with Crippen molar-refractivity contribution < 1.29 is 0 Å². The molecular weight excluding hydrogens is 312 g/mol. The van der Waals surface area contributed by atoms with Crippen molar-refractivity contribution in [2.45, 2.75) is 33.2 Å². The van der Waals surface area contributed by atoms with Crippen LogP contribution in [-0.4, -0.2) is 0 Å². The van der Waals surface area contributed by atoms with Gasteiger partial charge in [0.1, 0.15) is 0 Å². The van der Waals surface area contributed by atoms with Gasteiger partial charge in [-0.05, 0) is 55.5 Å². The van der Waals surface area contributed by atoms with Gasteiger partial charge < -0.3 is 0 Å². The zero-order valence-electron chi connectivity index (χ0n) is 12.2. The summed E-state index contributed by atoms with van der Waals surface area (Å²) in [5.74, 6) is 5.78. The topological polar surface area (TPSA) is 38.0 Å². The summed E-state index contributed by atoms with van der Waals surface area (Å²) in [6, 6.07) is 12.8. The minimum absolute atomic E-state index is 0.102. The van der Waals surface area contributed by atoms with E-state index in [0.29, 0.717) is 0 Å². The normalized spacial score (nSPS) is 12.4. The lowest BCUT2D eigenvalue weighted by Gasteiger charge is -2.21. The number of nitrogens with one attached hydrogen (secondary N) is 1. The summed E-state index contributed by atoms with van der Waals surface area (Å²) in [6.45, 7) is 6.47. The molecule has 2 aromatic rings.